The molecule has 0 bridgehead atoms. The maximum atomic E-state index is 12.7. The Balaban J connectivity index is 1.68. The summed E-state index contributed by atoms with van der Waals surface area (Å²) in [5.74, 6) is 1.21. The largest absolute Gasteiger partial charge is 0.497 e. The number of carbonyl (C=O) groups is 1. The third-order valence-corrected chi connectivity index (χ3v) is 6.77. The Morgan fingerprint density at radius 1 is 1.10 bits per heavy atom. The molecule has 0 heterocycles. The average Bonchev–Trinajstić information content (AvgIpc) is 3.22. The lowest BCUT2D eigenvalue weighted by Crippen LogP contribution is -2.16. The molecule has 1 aliphatic rings. The van der Waals surface area contributed by atoms with Crippen molar-refractivity contribution in [2.45, 2.75) is 50.3 Å². The molecule has 0 unspecified atom stereocenters. The number of rotatable bonds is 8. The topological polar surface area (TPSA) is 84.5 Å². The van der Waals surface area contributed by atoms with Crippen LogP contribution in [0.25, 0.3) is 0 Å². The SMILES string of the molecule is COc1ccc(NS(=O)(=O)c2ccc(C)c(NC(=O)CCC3CCCC3)c2)cc1. The minimum absolute atomic E-state index is 0.0716. The van der Waals surface area contributed by atoms with Crippen molar-refractivity contribution in [3.8, 4) is 5.75 Å². The minimum Gasteiger partial charge on any atom is -0.497 e. The number of sulfonamides is 1. The number of ether oxygens (including phenoxy) is 1. The third kappa shape index (κ3) is 5.73. The predicted molar refractivity (Wildman–Crippen MR) is 115 cm³/mol. The van der Waals surface area contributed by atoms with E-state index >= 15 is 0 Å². The number of nitrogens with one attached hydrogen (secondary N) is 2. The van der Waals surface area contributed by atoms with Crippen molar-refractivity contribution in [2.24, 2.45) is 5.92 Å². The van der Waals surface area contributed by atoms with E-state index in [2.05, 4.69) is 10.0 Å². The van der Waals surface area contributed by atoms with Crippen LogP contribution in [0.5, 0.6) is 5.75 Å². The highest BCUT2D eigenvalue weighted by Crippen LogP contribution is 2.29. The lowest BCUT2D eigenvalue weighted by molar-refractivity contribution is -0.116. The highest BCUT2D eigenvalue weighted by atomic mass is 32.2. The van der Waals surface area contributed by atoms with Crippen LogP contribution in [-0.4, -0.2) is 21.4 Å². The van der Waals surface area contributed by atoms with Crippen LogP contribution < -0.4 is 14.8 Å². The van der Waals surface area contributed by atoms with Crippen LogP contribution in [0.4, 0.5) is 11.4 Å². The molecule has 1 amide bonds. The van der Waals surface area contributed by atoms with E-state index in [1.807, 2.05) is 6.92 Å². The van der Waals surface area contributed by atoms with Crippen molar-refractivity contribution in [3.63, 3.8) is 0 Å². The van der Waals surface area contributed by atoms with E-state index in [-0.39, 0.29) is 10.8 Å². The van der Waals surface area contributed by atoms with E-state index in [1.165, 1.54) is 37.8 Å². The van der Waals surface area contributed by atoms with E-state index < -0.39 is 10.0 Å². The molecule has 0 radical (unpaired) electrons. The summed E-state index contributed by atoms with van der Waals surface area (Å²) in [6.07, 6.45) is 6.28. The molecule has 0 aromatic heterocycles. The first-order valence-corrected chi connectivity index (χ1v) is 11.4. The van der Waals surface area contributed by atoms with Gasteiger partial charge >= 0.3 is 0 Å². The number of methoxy groups -OCH3 is 1. The number of hydrogen-bond acceptors (Lipinski definition) is 4. The van der Waals surface area contributed by atoms with Gasteiger partial charge in [0.25, 0.3) is 10.0 Å². The quantitative estimate of drug-likeness (QED) is 0.652. The standard InChI is InChI=1S/C22H28N2O4S/c1-16-7-13-20(29(26,27)24-18-9-11-19(28-2)12-10-18)15-21(16)23-22(25)14-8-17-5-3-4-6-17/h7,9-13,15,17,24H,3-6,8,14H2,1-2H3,(H,23,25). The maximum Gasteiger partial charge on any atom is 0.261 e. The normalized spacial score (nSPS) is 14.6. The Hall–Kier alpha value is -2.54. The van der Waals surface area contributed by atoms with E-state index in [9.17, 15) is 13.2 Å². The van der Waals surface area contributed by atoms with Gasteiger partial charge in [0.05, 0.1) is 12.0 Å². The molecule has 2 aromatic carbocycles. The lowest BCUT2D eigenvalue weighted by Gasteiger charge is -2.13. The fourth-order valence-corrected chi connectivity index (χ4v) is 4.71. The second kappa shape index (κ2) is 9.31. The van der Waals surface area contributed by atoms with Crippen molar-refractivity contribution in [2.75, 3.05) is 17.1 Å². The molecular weight excluding hydrogens is 388 g/mol. The second-order valence-corrected chi connectivity index (χ2v) is 9.23. The van der Waals surface area contributed by atoms with E-state index in [0.717, 1.165) is 12.0 Å². The third-order valence-electron chi connectivity index (χ3n) is 5.39. The first-order chi connectivity index (χ1) is 13.9. The van der Waals surface area contributed by atoms with Gasteiger partial charge in [-0.2, -0.15) is 0 Å². The Morgan fingerprint density at radius 2 is 1.79 bits per heavy atom. The smallest absolute Gasteiger partial charge is 0.261 e. The summed E-state index contributed by atoms with van der Waals surface area (Å²) in [4.78, 5) is 12.4. The van der Waals surface area contributed by atoms with Crippen LogP contribution in [0, 0.1) is 12.8 Å². The van der Waals surface area contributed by atoms with Crippen LogP contribution in [0.3, 0.4) is 0 Å². The van der Waals surface area contributed by atoms with Crippen LogP contribution in [0.1, 0.15) is 44.1 Å². The van der Waals surface area contributed by atoms with Gasteiger partial charge in [0.1, 0.15) is 5.75 Å². The summed E-state index contributed by atoms with van der Waals surface area (Å²) in [6, 6.07) is 11.4. The zero-order valence-electron chi connectivity index (χ0n) is 16.9. The minimum atomic E-state index is -3.78. The fourth-order valence-electron chi connectivity index (χ4n) is 3.62. The summed E-state index contributed by atoms with van der Waals surface area (Å²) < 4.78 is 33.1. The molecule has 1 saturated carbocycles. The van der Waals surface area contributed by atoms with Gasteiger partial charge in [-0.3, -0.25) is 9.52 Å². The molecule has 0 atom stereocenters. The monoisotopic (exact) mass is 416 g/mol. The van der Waals surface area contributed by atoms with Gasteiger partial charge in [0.15, 0.2) is 0 Å². The van der Waals surface area contributed by atoms with Crippen LogP contribution in [0.2, 0.25) is 0 Å². The fraction of sp³-hybridized carbons (Fsp3) is 0.409. The molecule has 6 nitrogen and oxygen atoms in total. The number of hydrogen-bond donors (Lipinski definition) is 2. The molecule has 1 fully saturated rings. The van der Waals surface area contributed by atoms with Crippen molar-refractivity contribution < 1.29 is 17.9 Å². The average molecular weight is 417 g/mol. The van der Waals surface area contributed by atoms with Crippen molar-refractivity contribution >= 4 is 27.3 Å². The predicted octanol–water partition coefficient (Wildman–Crippen LogP) is 4.71. The van der Waals surface area contributed by atoms with E-state index in [4.69, 9.17) is 4.74 Å². The molecule has 2 aromatic rings. The van der Waals surface area contributed by atoms with Gasteiger partial charge < -0.3 is 10.1 Å². The Kier molecular flexibility index (Phi) is 6.79. The van der Waals surface area contributed by atoms with Crippen LogP contribution in [0.15, 0.2) is 47.4 Å². The number of carbonyl (C=O) groups excluding carboxylic acids is 1. The summed E-state index contributed by atoms with van der Waals surface area (Å²) >= 11 is 0. The summed E-state index contributed by atoms with van der Waals surface area (Å²) in [5.41, 5.74) is 1.79. The number of anilines is 2. The highest BCUT2D eigenvalue weighted by molar-refractivity contribution is 7.92. The van der Waals surface area contributed by atoms with Crippen LogP contribution in [-0.2, 0) is 14.8 Å². The highest BCUT2D eigenvalue weighted by Gasteiger charge is 2.18. The van der Waals surface area contributed by atoms with Gasteiger partial charge in [-0.05, 0) is 61.2 Å². The van der Waals surface area contributed by atoms with Gasteiger partial charge in [-0.15, -0.1) is 0 Å². The Morgan fingerprint density at radius 3 is 2.45 bits per heavy atom. The van der Waals surface area contributed by atoms with Crippen molar-refractivity contribution in [1.82, 2.24) is 0 Å². The van der Waals surface area contributed by atoms with E-state index in [1.54, 1.807) is 37.4 Å². The molecule has 156 valence electrons. The zero-order chi connectivity index (χ0) is 20.9. The first kappa shape index (κ1) is 21.2. The van der Waals surface area contributed by atoms with Gasteiger partial charge in [-0.1, -0.05) is 31.7 Å². The molecule has 0 aliphatic heterocycles. The summed E-state index contributed by atoms with van der Waals surface area (Å²) in [6.45, 7) is 1.85. The second-order valence-electron chi connectivity index (χ2n) is 7.55. The maximum absolute atomic E-state index is 12.7. The summed E-state index contributed by atoms with van der Waals surface area (Å²) in [5, 5.41) is 2.88. The molecule has 3 rings (SSSR count). The number of aryl methyl sites for hydroxylation is 1. The van der Waals surface area contributed by atoms with E-state index in [0.29, 0.717) is 29.5 Å². The Labute approximate surface area is 172 Å². The van der Waals surface area contributed by atoms with Gasteiger partial charge in [0.2, 0.25) is 5.91 Å². The van der Waals surface area contributed by atoms with Gasteiger partial charge in [-0.25, -0.2) is 8.42 Å². The molecule has 2 N–H and O–H groups in total. The summed E-state index contributed by atoms with van der Waals surface area (Å²) in [7, 11) is -2.22. The molecule has 7 heteroatoms. The molecule has 1 aliphatic carbocycles. The molecule has 29 heavy (non-hydrogen) atoms. The zero-order valence-corrected chi connectivity index (χ0v) is 17.7. The number of benzene rings is 2. The van der Waals surface area contributed by atoms with Crippen molar-refractivity contribution in [1.29, 1.82) is 0 Å². The molecule has 0 spiro atoms. The van der Waals surface area contributed by atoms with Crippen molar-refractivity contribution in [3.05, 3.63) is 48.0 Å². The lowest BCUT2D eigenvalue weighted by atomic mass is 10.0. The molecular formula is C22H28N2O4S. The van der Waals surface area contributed by atoms with Gasteiger partial charge in [0, 0.05) is 17.8 Å². The Bertz CT molecular complexity index is 949. The first-order valence-electron chi connectivity index (χ1n) is 9.95. The number of amides is 1. The molecule has 0 saturated heterocycles. The van der Waals surface area contributed by atoms with Crippen LogP contribution >= 0.6 is 0 Å².